The van der Waals surface area contributed by atoms with Gasteiger partial charge >= 0.3 is 0 Å². The Morgan fingerprint density at radius 2 is 1.76 bits per heavy atom. The van der Waals surface area contributed by atoms with E-state index in [9.17, 15) is 13.2 Å². The predicted molar refractivity (Wildman–Crippen MR) is 142 cm³/mol. The number of nitrogens with zero attached hydrogens (tertiary/aromatic N) is 6. The molecule has 1 aliphatic rings. The lowest BCUT2D eigenvalue weighted by atomic mass is 10.1. The zero-order chi connectivity index (χ0) is 26.9. The number of amides is 1. The van der Waals surface area contributed by atoms with Crippen LogP contribution in [0.4, 0.5) is 5.82 Å². The van der Waals surface area contributed by atoms with Gasteiger partial charge in [0.15, 0.2) is 15.5 Å². The van der Waals surface area contributed by atoms with Crippen molar-refractivity contribution in [1.29, 1.82) is 0 Å². The van der Waals surface area contributed by atoms with Gasteiger partial charge in [-0.25, -0.2) is 28.1 Å². The molecule has 1 aromatic carbocycles. The first kappa shape index (κ1) is 25.6. The van der Waals surface area contributed by atoms with E-state index in [1.165, 1.54) is 12.6 Å². The van der Waals surface area contributed by atoms with Crippen LogP contribution >= 0.6 is 0 Å². The average Bonchev–Trinajstić information content (AvgIpc) is 3.34. The monoisotopic (exact) mass is 535 g/mol. The summed E-state index contributed by atoms with van der Waals surface area (Å²) in [5.74, 6) is 1.13. The summed E-state index contributed by atoms with van der Waals surface area (Å²) in [7, 11) is -3.29. The Hall–Kier alpha value is -4.06. The van der Waals surface area contributed by atoms with E-state index in [0.717, 1.165) is 5.82 Å². The van der Waals surface area contributed by atoms with Crippen molar-refractivity contribution >= 4 is 32.6 Å². The summed E-state index contributed by atoms with van der Waals surface area (Å²) in [4.78, 5) is 28.0. The molecule has 1 aliphatic heterocycles. The van der Waals surface area contributed by atoms with Crippen LogP contribution in [0, 0.1) is 0 Å². The lowest BCUT2D eigenvalue weighted by molar-refractivity contribution is 0.0590. The standard InChI is InChI=1S/C26H29N7O4S/c1-17(2)31-23-9-4-18(14-27-23)26(34)32-12-10-20(11-13-32)37-25-22-15-30-33(24(22)28-16-29-25)19-5-7-21(8-6-19)38(3,35)36/h4-9,14-17,20H,10-13H2,1-3H3,(H,27,31). The summed E-state index contributed by atoms with van der Waals surface area (Å²) in [6, 6.07) is 10.3. The fourth-order valence-corrected chi connectivity index (χ4v) is 4.99. The van der Waals surface area contributed by atoms with Gasteiger partial charge in [0.1, 0.15) is 23.6 Å². The van der Waals surface area contributed by atoms with Crippen LogP contribution in [0.15, 0.2) is 60.0 Å². The number of anilines is 1. The fourth-order valence-electron chi connectivity index (χ4n) is 4.36. The van der Waals surface area contributed by atoms with E-state index in [1.807, 2.05) is 24.8 Å². The predicted octanol–water partition coefficient (Wildman–Crippen LogP) is 3.12. The van der Waals surface area contributed by atoms with Crippen LogP contribution in [0.25, 0.3) is 16.7 Å². The van der Waals surface area contributed by atoms with Crippen LogP contribution < -0.4 is 10.1 Å². The molecule has 4 aromatic rings. The minimum absolute atomic E-state index is 0.0420. The number of rotatable bonds is 7. The zero-order valence-electron chi connectivity index (χ0n) is 21.4. The van der Waals surface area contributed by atoms with Crippen molar-refractivity contribution in [3.8, 4) is 11.6 Å². The van der Waals surface area contributed by atoms with Gasteiger partial charge < -0.3 is 15.0 Å². The summed E-state index contributed by atoms with van der Waals surface area (Å²) in [5, 5.41) is 8.29. The molecule has 0 bridgehead atoms. The highest BCUT2D eigenvalue weighted by atomic mass is 32.2. The minimum atomic E-state index is -3.29. The Morgan fingerprint density at radius 3 is 2.39 bits per heavy atom. The third-order valence-electron chi connectivity index (χ3n) is 6.29. The van der Waals surface area contributed by atoms with Gasteiger partial charge in [0.2, 0.25) is 5.88 Å². The number of hydrogen-bond donors (Lipinski definition) is 1. The van der Waals surface area contributed by atoms with Crippen molar-refractivity contribution in [3.05, 3.63) is 60.7 Å². The van der Waals surface area contributed by atoms with E-state index in [0.29, 0.717) is 54.1 Å². The van der Waals surface area contributed by atoms with Crippen molar-refractivity contribution < 1.29 is 17.9 Å². The van der Waals surface area contributed by atoms with Gasteiger partial charge in [-0.1, -0.05) is 0 Å². The first-order valence-electron chi connectivity index (χ1n) is 12.4. The molecule has 5 rings (SSSR count). The smallest absolute Gasteiger partial charge is 0.255 e. The quantitative estimate of drug-likeness (QED) is 0.379. The second-order valence-electron chi connectivity index (χ2n) is 9.58. The lowest BCUT2D eigenvalue weighted by Gasteiger charge is -2.32. The highest BCUT2D eigenvalue weighted by molar-refractivity contribution is 7.90. The number of sulfone groups is 1. The Labute approximate surface area is 220 Å². The SMILES string of the molecule is CC(C)Nc1ccc(C(=O)N2CCC(Oc3ncnc4c3cnn4-c3ccc(S(C)(=O)=O)cc3)CC2)cn1. The molecular formula is C26H29N7O4S. The molecule has 1 N–H and O–H groups in total. The van der Waals surface area contributed by atoms with Crippen molar-refractivity contribution in [3.63, 3.8) is 0 Å². The Bertz CT molecular complexity index is 1540. The third-order valence-corrected chi connectivity index (χ3v) is 7.42. The topological polar surface area (TPSA) is 132 Å². The summed E-state index contributed by atoms with van der Waals surface area (Å²) in [5.41, 5.74) is 1.79. The lowest BCUT2D eigenvalue weighted by Crippen LogP contribution is -2.41. The second kappa shape index (κ2) is 10.4. The molecule has 4 heterocycles. The van der Waals surface area contributed by atoms with E-state index in [4.69, 9.17) is 4.74 Å². The number of pyridine rings is 1. The normalized spacial score (nSPS) is 14.7. The number of likely N-dealkylation sites (tertiary alicyclic amines) is 1. The number of ether oxygens (including phenoxy) is 1. The number of piperidine rings is 1. The van der Waals surface area contributed by atoms with E-state index in [-0.39, 0.29) is 22.9 Å². The number of carbonyl (C=O) groups is 1. The number of hydrogen-bond acceptors (Lipinski definition) is 9. The fraction of sp³-hybridized carbons (Fsp3) is 0.346. The Balaban J connectivity index is 1.24. The molecule has 0 aliphatic carbocycles. The second-order valence-corrected chi connectivity index (χ2v) is 11.6. The van der Waals surface area contributed by atoms with Gasteiger partial charge in [-0.2, -0.15) is 5.10 Å². The van der Waals surface area contributed by atoms with Crippen LogP contribution in [0.5, 0.6) is 5.88 Å². The van der Waals surface area contributed by atoms with Crippen LogP contribution in [-0.2, 0) is 9.84 Å². The zero-order valence-corrected chi connectivity index (χ0v) is 22.2. The van der Waals surface area contributed by atoms with Crippen molar-refractivity contribution in [2.24, 2.45) is 0 Å². The Kier molecular flexibility index (Phi) is 6.98. The molecule has 1 fully saturated rings. The van der Waals surface area contributed by atoms with E-state index in [2.05, 4.69) is 25.4 Å². The van der Waals surface area contributed by atoms with Crippen LogP contribution in [0.3, 0.4) is 0 Å². The molecule has 0 atom stereocenters. The number of aromatic nitrogens is 5. The molecule has 3 aromatic heterocycles. The first-order valence-corrected chi connectivity index (χ1v) is 14.3. The summed E-state index contributed by atoms with van der Waals surface area (Å²) in [6.45, 7) is 5.20. The largest absolute Gasteiger partial charge is 0.474 e. The van der Waals surface area contributed by atoms with E-state index in [1.54, 1.807) is 47.4 Å². The van der Waals surface area contributed by atoms with Gasteiger partial charge in [-0.05, 0) is 50.2 Å². The van der Waals surface area contributed by atoms with Gasteiger partial charge in [-0.15, -0.1) is 0 Å². The maximum Gasteiger partial charge on any atom is 0.255 e. The summed E-state index contributed by atoms with van der Waals surface area (Å²) >= 11 is 0. The van der Waals surface area contributed by atoms with Crippen LogP contribution in [0.2, 0.25) is 0 Å². The molecule has 38 heavy (non-hydrogen) atoms. The van der Waals surface area contributed by atoms with Gasteiger partial charge in [0.25, 0.3) is 5.91 Å². The maximum atomic E-state index is 12.9. The van der Waals surface area contributed by atoms with Crippen molar-refractivity contribution in [2.45, 2.75) is 43.7 Å². The van der Waals surface area contributed by atoms with Gasteiger partial charge in [0, 0.05) is 44.4 Å². The number of fused-ring (bicyclic) bond motifs is 1. The molecule has 12 heteroatoms. The molecule has 0 saturated carbocycles. The van der Waals surface area contributed by atoms with Gasteiger partial charge in [0.05, 0.1) is 22.3 Å². The number of nitrogens with one attached hydrogen (secondary N) is 1. The van der Waals surface area contributed by atoms with Gasteiger partial charge in [-0.3, -0.25) is 4.79 Å². The highest BCUT2D eigenvalue weighted by Gasteiger charge is 2.26. The van der Waals surface area contributed by atoms with Crippen molar-refractivity contribution in [1.82, 2.24) is 29.6 Å². The molecule has 11 nitrogen and oxygen atoms in total. The average molecular weight is 536 g/mol. The summed E-state index contributed by atoms with van der Waals surface area (Å²) < 4.78 is 31.4. The van der Waals surface area contributed by atoms with Crippen LogP contribution in [-0.4, -0.2) is 75.4 Å². The molecule has 0 radical (unpaired) electrons. The number of carbonyl (C=O) groups excluding carboxylic acids is 1. The molecular weight excluding hydrogens is 506 g/mol. The minimum Gasteiger partial charge on any atom is -0.474 e. The summed E-state index contributed by atoms with van der Waals surface area (Å²) in [6.07, 6.45) is 7.06. The molecule has 0 spiro atoms. The first-order chi connectivity index (χ1) is 18.2. The molecule has 198 valence electrons. The van der Waals surface area contributed by atoms with E-state index < -0.39 is 9.84 Å². The molecule has 1 saturated heterocycles. The van der Waals surface area contributed by atoms with Crippen molar-refractivity contribution in [2.75, 3.05) is 24.7 Å². The number of benzene rings is 1. The van der Waals surface area contributed by atoms with E-state index >= 15 is 0 Å². The molecule has 1 amide bonds. The third kappa shape index (κ3) is 5.44. The highest BCUT2D eigenvalue weighted by Crippen LogP contribution is 2.27. The Morgan fingerprint density at radius 1 is 1.03 bits per heavy atom. The maximum absolute atomic E-state index is 12.9. The molecule has 0 unspecified atom stereocenters. The van der Waals surface area contributed by atoms with Crippen LogP contribution in [0.1, 0.15) is 37.0 Å².